The molecule has 1 aliphatic carbocycles. The van der Waals surface area contributed by atoms with E-state index in [1.807, 2.05) is 0 Å². The van der Waals surface area contributed by atoms with Gasteiger partial charge in [-0.15, -0.1) is 0 Å². The highest BCUT2D eigenvalue weighted by molar-refractivity contribution is 5.06. The van der Waals surface area contributed by atoms with Crippen molar-refractivity contribution in [3.8, 4) is 0 Å². The smallest absolute Gasteiger partial charge is 0.0359 e. The fourth-order valence-corrected chi connectivity index (χ4v) is 3.21. The van der Waals surface area contributed by atoms with Crippen LogP contribution in [-0.4, -0.2) is 11.1 Å². The first-order valence-electron chi connectivity index (χ1n) is 8.14. The summed E-state index contributed by atoms with van der Waals surface area (Å²) in [6.07, 6.45) is 10.6. The van der Waals surface area contributed by atoms with Crippen molar-refractivity contribution < 1.29 is 0 Å². The van der Waals surface area contributed by atoms with Crippen molar-refractivity contribution in [2.24, 2.45) is 11.8 Å². The molecule has 1 fully saturated rings. The van der Waals surface area contributed by atoms with Gasteiger partial charge in [-0.1, -0.05) is 39.5 Å². The van der Waals surface area contributed by atoms with Gasteiger partial charge in [0.1, 0.15) is 0 Å². The van der Waals surface area contributed by atoms with Gasteiger partial charge in [-0.3, -0.25) is 0 Å². The van der Waals surface area contributed by atoms with Crippen LogP contribution in [0.4, 0.5) is 0 Å². The largest absolute Gasteiger partial charge is 0.350 e. The summed E-state index contributed by atoms with van der Waals surface area (Å²) in [4.78, 5) is 0. The average molecular weight is 262 g/mol. The summed E-state index contributed by atoms with van der Waals surface area (Å²) >= 11 is 0. The Morgan fingerprint density at radius 1 is 1.26 bits per heavy atom. The van der Waals surface area contributed by atoms with Gasteiger partial charge in [-0.25, -0.2) is 0 Å². The van der Waals surface area contributed by atoms with Gasteiger partial charge in [-0.05, 0) is 43.4 Å². The van der Waals surface area contributed by atoms with Crippen LogP contribution >= 0.6 is 0 Å². The Bertz CT molecular complexity index is 348. The summed E-state index contributed by atoms with van der Waals surface area (Å²) in [6, 6.07) is 4.40. The summed E-state index contributed by atoms with van der Waals surface area (Å²) in [5.41, 5.74) is 1.43. The molecule has 0 unspecified atom stereocenters. The fourth-order valence-electron chi connectivity index (χ4n) is 3.21. The van der Waals surface area contributed by atoms with Gasteiger partial charge in [0, 0.05) is 25.0 Å². The molecule has 0 atom stereocenters. The molecule has 2 rings (SSSR count). The van der Waals surface area contributed by atoms with Crippen LogP contribution in [0, 0.1) is 11.8 Å². The number of rotatable bonds is 7. The topological polar surface area (TPSA) is 17.0 Å². The molecule has 2 heteroatoms. The van der Waals surface area contributed by atoms with Crippen molar-refractivity contribution in [3.05, 3.63) is 24.0 Å². The first-order valence-corrected chi connectivity index (χ1v) is 8.14. The number of aromatic nitrogens is 1. The van der Waals surface area contributed by atoms with E-state index in [0.717, 1.165) is 24.9 Å². The number of hydrogen-bond donors (Lipinski definition) is 1. The standard InChI is InChI=1S/C17H30N2/c1-3-12-19-13-4-5-17(19)14-18-11-10-16-8-6-15(2)7-9-16/h4-5,13,15-16,18H,3,6-12,14H2,1-2H3. The molecule has 0 radical (unpaired) electrons. The van der Waals surface area contributed by atoms with E-state index >= 15 is 0 Å². The van der Waals surface area contributed by atoms with Crippen LogP contribution < -0.4 is 5.32 Å². The summed E-state index contributed by atoms with van der Waals surface area (Å²) in [7, 11) is 0. The molecule has 0 aromatic carbocycles. The molecule has 0 aliphatic heterocycles. The van der Waals surface area contributed by atoms with Crippen molar-refractivity contribution in [3.63, 3.8) is 0 Å². The molecule has 19 heavy (non-hydrogen) atoms. The zero-order valence-corrected chi connectivity index (χ0v) is 12.7. The third-order valence-corrected chi connectivity index (χ3v) is 4.56. The summed E-state index contributed by atoms with van der Waals surface area (Å²) in [5, 5.41) is 3.62. The van der Waals surface area contributed by atoms with Crippen molar-refractivity contribution in [2.45, 2.75) is 65.5 Å². The van der Waals surface area contributed by atoms with E-state index in [-0.39, 0.29) is 0 Å². The van der Waals surface area contributed by atoms with Gasteiger partial charge in [-0.2, -0.15) is 0 Å². The molecule has 2 nitrogen and oxygen atoms in total. The lowest BCUT2D eigenvalue weighted by Crippen LogP contribution is -2.21. The lowest BCUT2D eigenvalue weighted by Gasteiger charge is -2.26. The van der Waals surface area contributed by atoms with Gasteiger partial charge in [0.15, 0.2) is 0 Å². The predicted octanol–water partition coefficient (Wildman–Crippen LogP) is 4.20. The second-order valence-electron chi connectivity index (χ2n) is 6.28. The minimum atomic E-state index is 0.974. The third-order valence-electron chi connectivity index (χ3n) is 4.56. The Morgan fingerprint density at radius 2 is 2.05 bits per heavy atom. The molecule has 1 aromatic heterocycles. The Hall–Kier alpha value is -0.760. The summed E-state index contributed by atoms with van der Waals surface area (Å²) in [5.74, 6) is 1.95. The number of nitrogens with one attached hydrogen (secondary N) is 1. The highest BCUT2D eigenvalue weighted by Crippen LogP contribution is 2.29. The van der Waals surface area contributed by atoms with Crippen molar-refractivity contribution in [1.82, 2.24) is 9.88 Å². The lowest BCUT2D eigenvalue weighted by molar-refractivity contribution is 0.275. The quantitative estimate of drug-likeness (QED) is 0.729. The average Bonchev–Trinajstić information content (AvgIpc) is 2.85. The minimum absolute atomic E-state index is 0.974. The van der Waals surface area contributed by atoms with Crippen LogP contribution in [0.5, 0.6) is 0 Å². The van der Waals surface area contributed by atoms with Crippen LogP contribution in [0.2, 0.25) is 0 Å². The van der Waals surface area contributed by atoms with Gasteiger partial charge < -0.3 is 9.88 Å². The zero-order valence-electron chi connectivity index (χ0n) is 12.7. The summed E-state index contributed by atoms with van der Waals surface area (Å²) in [6.45, 7) is 7.98. The van der Waals surface area contributed by atoms with Crippen LogP contribution in [0.3, 0.4) is 0 Å². The molecule has 0 bridgehead atoms. The molecule has 1 N–H and O–H groups in total. The van der Waals surface area contributed by atoms with Crippen molar-refractivity contribution in [2.75, 3.05) is 6.54 Å². The molecule has 0 amide bonds. The van der Waals surface area contributed by atoms with E-state index in [0.29, 0.717) is 0 Å². The molecule has 1 aliphatic rings. The second-order valence-corrected chi connectivity index (χ2v) is 6.28. The van der Waals surface area contributed by atoms with Crippen molar-refractivity contribution >= 4 is 0 Å². The molecule has 0 saturated heterocycles. The van der Waals surface area contributed by atoms with Crippen LogP contribution in [0.15, 0.2) is 18.3 Å². The number of nitrogens with zero attached hydrogens (tertiary/aromatic N) is 1. The number of hydrogen-bond acceptors (Lipinski definition) is 1. The van der Waals surface area contributed by atoms with Crippen LogP contribution in [0.1, 0.15) is 58.1 Å². The van der Waals surface area contributed by atoms with E-state index in [9.17, 15) is 0 Å². The zero-order chi connectivity index (χ0) is 13.5. The van der Waals surface area contributed by atoms with Crippen LogP contribution in [-0.2, 0) is 13.1 Å². The van der Waals surface area contributed by atoms with Gasteiger partial charge in [0.2, 0.25) is 0 Å². The molecular formula is C17H30N2. The maximum Gasteiger partial charge on any atom is 0.0359 e. The van der Waals surface area contributed by atoms with Gasteiger partial charge in [0.05, 0.1) is 0 Å². The van der Waals surface area contributed by atoms with E-state index in [1.54, 1.807) is 0 Å². The highest BCUT2D eigenvalue weighted by atomic mass is 15.0. The maximum atomic E-state index is 3.62. The number of aryl methyl sites for hydroxylation is 1. The predicted molar refractivity (Wildman–Crippen MR) is 82.2 cm³/mol. The molecule has 1 saturated carbocycles. The Labute approximate surface area is 118 Å². The highest BCUT2D eigenvalue weighted by Gasteiger charge is 2.17. The van der Waals surface area contributed by atoms with Crippen molar-refractivity contribution in [1.29, 1.82) is 0 Å². The van der Waals surface area contributed by atoms with Gasteiger partial charge >= 0.3 is 0 Å². The van der Waals surface area contributed by atoms with Gasteiger partial charge in [0.25, 0.3) is 0 Å². The maximum absolute atomic E-state index is 3.62. The van der Waals surface area contributed by atoms with Crippen LogP contribution in [0.25, 0.3) is 0 Å². The molecule has 108 valence electrons. The van der Waals surface area contributed by atoms with E-state index in [1.165, 1.54) is 50.8 Å². The Balaban J connectivity index is 1.62. The first-order chi connectivity index (χ1) is 9.29. The summed E-state index contributed by atoms with van der Waals surface area (Å²) < 4.78 is 2.37. The normalized spacial score (nSPS) is 23.7. The minimum Gasteiger partial charge on any atom is -0.350 e. The molecule has 1 aromatic rings. The molecular weight excluding hydrogens is 232 g/mol. The Morgan fingerprint density at radius 3 is 2.79 bits per heavy atom. The molecule has 1 heterocycles. The lowest BCUT2D eigenvalue weighted by atomic mass is 9.81. The second kappa shape index (κ2) is 7.74. The van der Waals surface area contributed by atoms with E-state index in [2.05, 4.69) is 42.1 Å². The van der Waals surface area contributed by atoms with E-state index in [4.69, 9.17) is 0 Å². The monoisotopic (exact) mass is 262 g/mol. The molecule has 0 spiro atoms. The Kier molecular flexibility index (Phi) is 5.96. The third kappa shape index (κ3) is 4.68. The SMILES string of the molecule is CCCn1cccc1CNCCC1CCC(C)CC1. The fraction of sp³-hybridized carbons (Fsp3) is 0.765. The van der Waals surface area contributed by atoms with E-state index < -0.39 is 0 Å². The first kappa shape index (κ1) is 14.6.